The van der Waals surface area contributed by atoms with E-state index >= 15 is 0 Å². The summed E-state index contributed by atoms with van der Waals surface area (Å²) in [5, 5.41) is 0. The second-order valence-electron chi connectivity index (χ2n) is 5.97. The van der Waals surface area contributed by atoms with Crippen LogP contribution < -0.4 is 0 Å². The van der Waals surface area contributed by atoms with Gasteiger partial charge in [-0.3, -0.25) is 9.59 Å². The molecule has 4 heteroatoms. The molecule has 1 atom stereocenters. The number of benzene rings is 1. The fourth-order valence-electron chi connectivity index (χ4n) is 2.31. The Balaban J connectivity index is 3.12. The van der Waals surface area contributed by atoms with Gasteiger partial charge in [0.2, 0.25) is 0 Å². The van der Waals surface area contributed by atoms with Crippen LogP contribution in [0.2, 0.25) is 0 Å². The maximum absolute atomic E-state index is 13.0. The molecule has 0 heterocycles. The molecule has 21 heavy (non-hydrogen) atoms. The van der Waals surface area contributed by atoms with E-state index in [4.69, 9.17) is 4.74 Å². The van der Waals surface area contributed by atoms with Gasteiger partial charge in [0.1, 0.15) is 11.7 Å². The first-order valence-electron chi connectivity index (χ1n) is 7.18. The third kappa shape index (κ3) is 3.90. The summed E-state index contributed by atoms with van der Waals surface area (Å²) in [6, 6.07) is 5.80. The smallest absolute Gasteiger partial charge is 0.316 e. The Hall–Kier alpha value is -1.71. The Bertz CT molecular complexity index is 503. The number of carbonyl (C=O) groups is 2. The largest absolute Gasteiger partial charge is 0.465 e. The third-order valence-electron chi connectivity index (χ3n) is 3.67. The molecule has 0 N–H and O–H groups in total. The second kappa shape index (κ2) is 6.83. The van der Waals surface area contributed by atoms with E-state index in [2.05, 4.69) is 0 Å². The topological polar surface area (TPSA) is 43.4 Å². The number of ketones is 1. The van der Waals surface area contributed by atoms with E-state index in [0.717, 1.165) is 0 Å². The molecule has 1 aromatic rings. The fourth-order valence-corrected chi connectivity index (χ4v) is 2.31. The van der Waals surface area contributed by atoms with Gasteiger partial charge in [-0.25, -0.2) is 4.39 Å². The number of ether oxygens (including phenoxy) is 1. The average Bonchev–Trinajstić information content (AvgIpc) is 2.39. The molecule has 0 aromatic heterocycles. The average molecular weight is 294 g/mol. The number of esters is 1. The van der Waals surface area contributed by atoms with Crippen molar-refractivity contribution < 1.29 is 18.7 Å². The summed E-state index contributed by atoms with van der Waals surface area (Å²) in [4.78, 5) is 24.9. The minimum Gasteiger partial charge on any atom is -0.465 e. The highest BCUT2D eigenvalue weighted by molar-refractivity contribution is 6.04. The maximum atomic E-state index is 13.0. The number of hydrogen-bond acceptors (Lipinski definition) is 3. The number of hydrogen-bond donors (Lipinski definition) is 0. The molecule has 0 radical (unpaired) electrons. The summed E-state index contributed by atoms with van der Waals surface area (Å²) in [6.07, 6.45) is 0. The molecule has 0 amide bonds. The second-order valence-corrected chi connectivity index (χ2v) is 5.97. The van der Waals surface area contributed by atoms with Crippen LogP contribution in [0, 0.1) is 17.7 Å². The first-order valence-corrected chi connectivity index (χ1v) is 7.18. The van der Waals surface area contributed by atoms with Crippen molar-refractivity contribution in [3.63, 3.8) is 0 Å². The van der Waals surface area contributed by atoms with E-state index in [-0.39, 0.29) is 24.1 Å². The summed E-state index contributed by atoms with van der Waals surface area (Å²) in [5.74, 6) is -2.02. The van der Waals surface area contributed by atoms with Crippen LogP contribution in [0.25, 0.3) is 0 Å². The first kappa shape index (κ1) is 17.3. The number of carbonyl (C=O) groups excluding carboxylic acids is 2. The predicted molar refractivity (Wildman–Crippen MR) is 79.4 cm³/mol. The highest BCUT2D eigenvalue weighted by atomic mass is 19.1. The summed E-state index contributed by atoms with van der Waals surface area (Å²) < 4.78 is 18.0. The molecule has 0 aliphatic heterocycles. The molecule has 0 fully saturated rings. The summed E-state index contributed by atoms with van der Waals surface area (Å²) >= 11 is 0. The van der Waals surface area contributed by atoms with Crippen LogP contribution in [-0.4, -0.2) is 18.4 Å². The summed E-state index contributed by atoms with van der Waals surface area (Å²) in [6.45, 7) is 9.09. The van der Waals surface area contributed by atoms with Crippen LogP contribution in [0.4, 0.5) is 4.39 Å². The van der Waals surface area contributed by atoms with Gasteiger partial charge in [0.25, 0.3) is 0 Å². The number of Topliss-reactive ketones (excluding diaryl/α,β-unsaturated/α-hetero) is 1. The first-order chi connectivity index (χ1) is 9.71. The van der Waals surface area contributed by atoms with Gasteiger partial charge in [0, 0.05) is 5.41 Å². The zero-order valence-corrected chi connectivity index (χ0v) is 13.3. The van der Waals surface area contributed by atoms with Crippen molar-refractivity contribution in [2.45, 2.75) is 40.0 Å². The lowest BCUT2D eigenvalue weighted by atomic mass is 9.73. The van der Waals surface area contributed by atoms with E-state index < -0.39 is 17.3 Å². The van der Waals surface area contributed by atoms with E-state index in [1.807, 2.05) is 13.8 Å². The van der Waals surface area contributed by atoms with Crippen LogP contribution in [0.3, 0.4) is 0 Å². The standard InChI is InChI=1S/C17H23FO3/c1-6-21-16(20)14(11(2)3)15(19)17(4,5)12-7-9-13(18)10-8-12/h7-11,14H,6H2,1-5H3. The zero-order valence-electron chi connectivity index (χ0n) is 13.3. The van der Waals surface area contributed by atoms with Gasteiger partial charge in [0.05, 0.1) is 6.61 Å². The molecule has 0 aliphatic carbocycles. The monoisotopic (exact) mass is 294 g/mol. The minimum absolute atomic E-state index is 0.156. The van der Waals surface area contributed by atoms with Crippen molar-refractivity contribution in [2.75, 3.05) is 6.61 Å². The zero-order chi connectivity index (χ0) is 16.2. The molecule has 0 saturated carbocycles. The van der Waals surface area contributed by atoms with Crippen molar-refractivity contribution in [1.29, 1.82) is 0 Å². The Kier molecular flexibility index (Phi) is 5.64. The minimum atomic E-state index is -0.880. The molecule has 0 bridgehead atoms. The molecular weight excluding hydrogens is 271 g/mol. The van der Waals surface area contributed by atoms with Gasteiger partial charge in [-0.05, 0) is 44.4 Å². The maximum Gasteiger partial charge on any atom is 0.316 e. The van der Waals surface area contributed by atoms with Crippen molar-refractivity contribution in [2.24, 2.45) is 11.8 Å². The lowest BCUT2D eigenvalue weighted by Gasteiger charge is -2.29. The molecule has 116 valence electrons. The van der Waals surface area contributed by atoms with Gasteiger partial charge < -0.3 is 4.74 Å². The molecule has 1 unspecified atom stereocenters. The highest BCUT2D eigenvalue weighted by Crippen LogP contribution is 2.31. The van der Waals surface area contributed by atoms with E-state index in [9.17, 15) is 14.0 Å². The Morgan fingerprint density at radius 2 is 1.71 bits per heavy atom. The molecule has 1 aromatic carbocycles. The van der Waals surface area contributed by atoms with Crippen molar-refractivity contribution in [1.82, 2.24) is 0 Å². The number of halogens is 1. The van der Waals surface area contributed by atoms with Crippen LogP contribution in [0.5, 0.6) is 0 Å². The third-order valence-corrected chi connectivity index (χ3v) is 3.67. The van der Waals surface area contributed by atoms with Crippen molar-refractivity contribution in [3.05, 3.63) is 35.6 Å². The van der Waals surface area contributed by atoms with E-state index in [1.165, 1.54) is 12.1 Å². The predicted octanol–water partition coefficient (Wildman–Crippen LogP) is 3.51. The summed E-state index contributed by atoms with van der Waals surface area (Å²) in [5.41, 5.74) is -0.195. The van der Waals surface area contributed by atoms with E-state index in [1.54, 1.807) is 32.9 Å². The lowest BCUT2D eigenvalue weighted by molar-refractivity contribution is -0.154. The quantitative estimate of drug-likeness (QED) is 0.595. The van der Waals surface area contributed by atoms with Gasteiger partial charge in [-0.2, -0.15) is 0 Å². The highest BCUT2D eigenvalue weighted by Gasteiger charge is 2.41. The van der Waals surface area contributed by atoms with E-state index in [0.29, 0.717) is 5.56 Å². The van der Waals surface area contributed by atoms with Gasteiger partial charge in [0.15, 0.2) is 5.78 Å². The van der Waals surface area contributed by atoms with Crippen LogP contribution in [-0.2, 0) is 19.7 Å². The van der Waals surface area contributed by atoms with Gasteiger partial charge in [-0.15, -0.1) is 0 Å². The SMILES string of the molecule is CCOC(=O)C(C(=O)C(C)(C)c1ccc(F)cc1)C(C)C. The van der Waals surface area contributed by atoms with Crippen LogP contribution in [0.15, 0.2) is 24.3 Å². The van der Waals surface area contributed by atoms with Crippen LogP contribution in [0.1, 0.15) is 40.2 Å². The molecule has 3 nitrogen and oxygen atoms in total. The lowest BCUT2D eigenvalue weighted by Crippen LogP contribution is -2.41. The molecule has 0 aliphatic rings. The molecule has 1 rings (SSSR count). The Labute approximate surface area is 125 Å². The van der Waals surface area contributed by atoms with Gasteiger partial charge in [-0.1, -0.05) is 26.0 Å². The molecular formula is C17H23FO3. The van der Waals surface area contributed by atoms with Crippen LogP contribution >= 0.6 is 0 Å². The fraction of sp³-hybridized carbons (Fsp3) is 0.529. The van der Waals surface area contributed by atoms with Crippen molar-refractivity contribution in [3.8, 4) is 0 Å². The number of rotatable bonds is 6. The Morgan fingerprint density at radius 1 is 1.19 bits per heavy atom. The van der Waals surface area contributed by atoms with Gasteiger partial charge >= 0.3 is 5.97 Å². The molecule has 0 spiro atoms. The van der Waals surface area contributed by atoms with Crippen molar-refractivity contribution >= 4 is 11.8 Å². The molecule has 0 saturated heterocycles. The Morgan fingerprint density at radius 3 is 2.14 bits per heavy atom. The summed E-state index contributed by atoms with van der Waals surface area (Å²) in [7, 11) is 0. The normalized spacial score (nSPS) is 13.1.